The SMILES string of the molecule is CCCCn1cc(-c2ccc(Cl)cc2Cl)nc1[C@H](Cc1ccc(OCc2ccc(C(=O)O)cc2)cc1)NC(=O)C1CCC(CNC(=O)OC(C)(C)C)CC1. The average Bonchev–Trinajstić information content (AvgIpc) is 3.55. The van der Waals surface area contributed by atoms with Crippen LogP contribution in [-0.2, 0) is 29.1 Å². The maximum Gasteiger partial charge on any atom is 0.407 e. The summed E-state index contributed by atoms with van der Waals surface area (Å²) in [6.07, 6.45) is 7.10. The number of carbonyl (C=O) groups excluding carboxylic acids is 2. The fourth-order valence-electron chi connectivity index (χ4n) is 6.58. The zero-order chi connectivity index (χ0) is 38.8. The average molecular weight is 778 g/mol. The van der Waals surface area contributed by atoms with E-state index >= 15 is 0 Å². The highest BCUT2D eigenvalue weighted by molar-refractivity contribution is 6.36. The number of nitrogens with one attached hydrogen (secondary N) is 2. The van der Waals surface area contributed by atoms with Crippen molar-refractivity contribution in [1.82, 2.24) is 20.2 Å². The normalized spacial score (nSPS) is 16.3. The fourth-order valence-corrected chi connectivity index (χ4v) is 7.08. The molecule has 1 aromatic heterocycles. The number of aromatic carboxylic acids is 1. The first kappa shape index (κ1) is 40.6. The Morgan fingerprint density at radius 2 is 1.65 bits per heavy atom. The highest BCUT2D eigenvalue weighted by Crippen LogP contribution is 2.33. The first-order chi connectivity index (χ1) is 25.8. The number of ether oxygens (including phenoxy) is 2. The minimum atomic E-state index is -0.970. The number of carboxylic acids is 1. The summed E-state index contributed by atoms with van der Waals surface area (Å²) in [4.78, 5) is 42.5. The van der Waals surface area contributed by atoms with Crippen molar-refractivity contribution in [3.05, 3.63) is 105 Å². The van der Waals surface area contributed by atoms with E-state index in [2.05, 4.69) is 22.1 Å². The van der Waals surface area contributed by atoms with E-state index in [0.717, 1.165) is 67.6 Å². The molecule has 1 atom stereocenters. The Bertz CT molecular complexity index is 1880. The zero-order valence-corrected chi connectivity index (χ0v) is 32.9. The molecular weight excluding hydrogens is 727 g/mol. The van der Waals surface area contributed by atoms with Gasteiger partial charge in [0.05, 0.1) is 22.3 Å². The molecule has 1 aliphatic carbocycles. The number of carbonyl (C=O) groups is 3. The monoisotopic (exact) mass is 776 g/mol. The van der Waals surface area contributed by atoms with E-state index in [1.807, 2.05) is 57.3 Å². The number of hydrogen-bond donors (Lipinski definition) is 3. The van der Waals surface area contributed by atoms with Crippen LogP contribution in [0.4, 0.5) is 4.79 Å². The number of halogens is 2. The van der Waals surface area contributed by atoms with Crippen molar-refractivity contribution in [2.45, 2.75) is 97.4 Å². The summed E-state index contributed by atoms with van der Waals surface area (Å²) in [5.74, 6) is 0.560. The summed E-state index contributed by atoms with van der Waals surface area (Å²) >= 11 is 12.8. The molecule has 288 valence electrons. The standard InChI is InChI=1S/C42H50Cl2N4O6/c1-5-6-21-48-25-37(34-20-17-32(43)23-35(34)44)46-38(48)36(47-39(49)30-13-7-28(8-14-30)24-45-41(52)54-42(2,3)4)22-27-11-18-33(19-12-27)53-26-29-9-15-31(16-10-29)40(50)51/h9-12,15-20,23,25,28,30,36H,5-8,13-14,21-22,24,26H2,1-4H3,(H,45,52)(H,47,49)(H,50,51)/t28?,30?,36-/m0/s1. The molecule has 0 spiro atoms. The molecule has 2 amide bonds. The Morgan fingerprint density at radius 1 is 0.963 bits per heavy atom. The number of alkyl carbamates (subject to hydrolysis) is 1. The summed E-state index contributed by atoms with van der Waals surface area (Å²) in [5.41, 5.74) is 2.99. The van der Waals surface area contributed by atoms with Gasteiger partial charge >= 0.3 is 12.1 Å². The second-order valence-electron chi connectivity index (χ2n) is 15.0. The number of rotatable bonds is 15. The Hall–Kier alpha value is -4.54. The molecule has 1 fully saturated rings. The molecule has 54 heavy (non-hydrogen) atoms. The van der Waals surface area contributed by atoms with Crippen molar-refractivity contribution < 1.29 is 29.0 Å². The molecule has 0 aliphatic heterocycles. The van der Waals surface area contributed by atoms with Crippen LogP contribution in [0.5, 0.6) is 5.75 Å². The lowest BCUT2D eigenvalue weighted by Gasteiger charge is -2.30. The van der Waals surface area contributed by atoms with E-state index in [-0.39, 0.29) is 23.3 Å². The maximum absolute atomic E-state index is 14.0. The minimum absolute atomic E-state index is 0.0106. The van der Waals surface area contributed by atoms with Gasteiger partial charge in [-0.25, -0.2) is 14.6 Å². The van der Waals surface area contributed by atoms with Crippen molar-refractivity contribution in [3.8, 4) is 17.0 Å². The van der Waals surface area contributed by atoms with Crippen LogP contribution in [0.3, 0.4) is 0 Å². The minimum Gasteiger partial charge on any atom is -0.489 e. The number of aryl methyl sites for hydroxylation is 1. The first-order valence-electron chi connectivity index (χ1n) is 18.6. The van der Waals surface area contributed by atoms with E-state index in [9.17, 15) is 19.5 Å². The number of nitrogens with zero attached hydrogens (tertiary/aromatic N) is 2. The van der Waals surface area contributed by atoms with Crippen molar-refractivity contribution in [2.75, 3.05) is 6.54 Å². The highest BCUT2D eigenvalue weighted by Gasteiger charge is 2.30. The van der Waals surface area contributed by atoms with E-state index in [1.54, 1.807) is 36.4 Å². The molecular formula is C42H50Cl2N4O6. The van der Waals surface area contributed by atoms with Gasteiger partial charge in [-0.1, -0.05) is 60.8 Å². The van der Waals surface area contributed by atoms with Gasteiger partial charge in [-0.05, 0) is 119 Å². The lowest BCUT2D eigenvalue weighted by molar-refractivity contribution is -0.127. The van der Waals surface area contributed by atoms with Crippen LogP contribution in [0.2, 0.25) is 10.0 Å². The summed E-state index contributed by atoms with van der Waals surface area (Å²) in [5, 5.41) is 16.5. The molecule has 0 saturated heterocycles. The van der Waals surface area contributed by atoms with Gasteiger partial charge in [0.1, 0.15) is 23.8 Å². The lowest BCUT2D eigenvalue weighted by Crippen LogP contribution is -2.39. The van der Waals surface area contributed by atoms with Gasteiger partial charge in [0.15, 0.2) is 0 Å². The summed E-state index contributed by atoms with van der Waals surface area (Å²) < 4.78 is 13.5. The predicted molar refractivity (Wildman–Crippen MR) is 211 cm³/mol. The van der Waals surface area contributed by atoms with Gasteiger partial charge in [0, 0.05) is 35.8 Å². The van der Waals surface area contributed by atoms with Crippen molar-refractivity contribution in [1.29, 1.82) is 0 Å². The van der Waals surface area contributed by atoms with E-state index in [0.29, 0.717) is 41.1 Å². The maximum atomic E-state index is 14.0. The van der Waals surface area contributed by atoms with Gasteiger partial charge < -0.3 is 29.8 Å². The van der Waals surface area contributed by atoms with Gasteiger partial charge in [-0.15, -0.1) is 0 Å². The number of unbranched alkanes of at least 4 members (excludes halogenated alkanes) is 1. The molecule has 1 heterocycles. The van der Waals surface area contributed by atoms with Crippen LogP contribution in [0.25, 0.3) is 11.3 Å². The molecule has 10 nitrogen and oxygen atoms in total. The number of aromatic nitrogens is 2. The number of imidazole rings is 1. The van der Waals surface area contributed by atoms with Crippen LogP contribution < -0.4 is 15.4 Å². The molecule has 0 bridgehead atoms. The second kappa shape index (κ2) is 18.7. The smallest absolute Gasteiger partial charge is 0.407 e. The fraction of sp³-hybridized carbons (Fsp3) is 0.429. The highest BCUT2D eigenvalue weighted by atomic mass is 35.5. The summed E-state index contributed by atoms with van der Waals surface area (Å²) in [7, 11) is 0. The van der Waals surface area contributed by atoms with E-state index < -0.39 is 23.7 Å². The van der Waals surface area contributed by atoms with Gasteiger partial charge in [-0.2, -0.15) is 0 Å². The molecule has 12 heteroatoms. The van der Waals surface area contributed by atoms with Gasteiger partial charge in [-0.3, -0.25) is 4.79 Å². The third kappa shape index (κ3) is 11.7. The Morgan fingerprint density at radius 3 is 2.28 bits per heavy atom. The lowest BCUT2D eigenvalue weighted by atomic mass is 9.81. The van der Waals surface area contributed by atoms with Crippen molar-refractivity contribution >= 4 is 41.2 Å². The molecule has 3 aromatic carbocycles. The van der Waals surface area contributed by atoms with Crippen molar-refractivity contribution in [2.24, 2.45) is 11.8 Å². The van der Waals surface area contributed by atoms with Crippen LogP contribution in [0, 0.1) is 11.8 Å². The molecule has 0 radical (unpaired) electrons. The molecule has 3 N–H and O–H groups in total. The van der Waals surface area contributed by atoms with E-state index in [4.69, 9.17) is 37.7 Å². The van der Waals surface area contributed by atoms with Crippen LogP contribution in [-0.4, -0.2) is 44.8 Å². The summed E-state index contributed by atoms with van der Waals surface area (Å²) in [6.45, 7) is 9.20. The van der Waals surface area contributed by atoms with Crippen LogP contribution in [0.1, 0.15) is 99.6 Å². The van der Waals surface area contributed by atoms with Crippen LogP contribution >= 0.6 is 23.2 Å². The molecule has 1 saturated carbocycles. The number of hydrogen-bond acceptors (Lipinski definition) is 6. The quantitative estimate of drug-likeness (QED) is 0.110. The number of benzene rings is 3. The Labute approximate surface area is 327 Å². The first-order valence-corrected chi connectivity index (χ1v) is 19.4. The van der Waals surface area contributed by atoms with Gasteiger partial charge in [0.25, 0.3) is 0 Å². The number of amides is 2. The second-order valence-corrected chi connectivity index (χ2v) is 15.8. The van der Waals surface area contributed by atoms with Gasteiger partial charge in [0.2, 0.25) is 5.91 Å². The molecule has 4 aromatic rings. The third-order valence-electron chi connectivity index (χ3n) is 9.52. The van der Waals surface area contributed by atoms with Crippen molar-refractivity contribution in [3.63, 3.8) is 0 Å². The largest absolute Gasteiger partial charge is 0.489 e. The molecule has 1 aliphatic rings. The summed E-state index contributed by atoms with van der Waals surface area (Å²) in [6, 6.07) is 19.3. The number of carboxylic acid groups (broad SMARTS) is 1. The van der Waals surface area contributed by atoms with E-state index in [1.165, 1.54) is 0 Å². The Balaban J connectivity index is 1.32. The molecule has 0 unspecified atom stereocenters. The van der Waals surface area contributed by atoms with Crippen LogP contribution in [0.15, 0.2) is 72.9 Å². The zero-order valence-electron chi connectivity index (χ0n) is 31.4. The molecule has 5 rings (SSSR count). The Kier molecular flexibility index (Phi) is 14.1. The topological polar surface area (TPSA) is 132 Å². The predicted octanol–water partition coefficient (Wildman–Crippen LogP) is 9.67. The third-order valence-corrected chi connectivity index (χ3v) is 10.1.